The molecule has 0 saturated heterocycles. The summed E-state index contributed by atoms with van der Waals surface area (Å²) in [6, 6.07) is 0. The van der Waals surface area contributed by atoms with E-state index in [0.29, 0.717) is 42.2 Å². The number of alkyl halides is 3. The van der Waals surface area contributed by atoms with Crippen molar-refractivity contribution in [2.45, 2.75) is 33.0 Å². The van der Waals surface area contributed by atoms with Gasteiger partial charge in [0.2, 0.25) is 5.89 Å². The lowest BCUT2D eigenvalue weighted by atomic mass is 10.4. The summed E-state index contributed by atoms with van der Waals surface area (Å²) in [5, 5.41) is 11.0. The molecule has 0 unspecified atom stereocenters. The quantitative estimate of drug-likeness (QED) is 0.368. The molecule has 2 heterocycles. The van der Waals surface area contributed by atoms with Gasteiger partial charge < -0.3 is 15.2 Å². The molecular formula is C13H18F3IN6OS. The minimum Gasteiger partial charge on any atom is -0.357 e. The number of nitrogens with one attached hydrogen (secondary N) is 2. The Kier molecular flexibility index (Phi) is 8.55. The lowest BCUT2D eigenvalue weighted by Gasteiger charge is -2.09. The second kappa shape index (κ2) is 9.89. The number of thiazole rings is 1. The van der Waals surface area contributed by atoms with Gasteiger partial charge in [-0.25, -0.2) is 9.98 Å². The fourth-order valence-electron chi connectivity index (χ4n) is 1.73. The predicted octanol–water partition coefficient (Wildman–Crippen LogP) is 2.77. The SMILES string of the molecule is CCNC(=NCc1nc(C(F)(F)F)cs1)NCCc1nc(C)no1.I. The molecule has 0 amide bonds. The molecule has 0 atom stereocenters. The molecule has 2 aromatic heterocycles. The second-order valence-corrected chi connectivity index (χ2v) is 5.67. The van der Waals surface area contributed by atoms with Crippen LogP contribution in [0.5, 0.6) is 0 Å². The van der Waals surface area contributed by atoms with E-state index in [1.54, 1.807) is 6.92 Å². The van der Waals surface area contributed by atoms with Crippen molar-refractivity contribution in [2.75, 3.05) is 13.1 Å². The van der Waals surface area contributed by atoms with Gasteiger partial charge in [-0.1, -0.05) is 5.16 Å². The molecule has 0 saturated carbocycles. The van der Waals surface area contributed by atoms with E-state index in [0.717, 1.165) is 16.7 Å². The summed E-state index contributed by atoms with van der Waals surface area (Å²) in [4.78, 5) is 11.8. The van der Waals surface area contributed by atoms with E-state index < -0.39 is 11.9 Å². The Balaban J connectivity index is 0.00000312. The Hall–Kier alpha value is -1.44. The molecule has 0 aromatic carbocycles. The molecule has 0 aliphatic carbocycles. The molecule has 0 aliphatic heterocycles. The molecule has 0 spiro atoms. The summed E-state index contributed by atoms with van der Waals surface area (Å²) < 4.78 is 42.5. The van der Waals surface area contributed by atoms with Gasteiger partial charge in [0.25, 0.3) is 0 Å². The second-order valence-electron chi connectivity index (χ2n) is 4.73. The van der Waals surface area contributed by atoms with E-state index in [1.165, 1.54) is 0 Å². The molecule has 0 bridgehead atoms. The molecule has 140 valence electrons. The van der Waals surface area contributed by atoms with Crippen molar-refractivity contribution in [3.63, 3.8) is 0 Å². The van der Waals surface area contributed by atoms with Crippen LogP contribution in [0, 0.1) is 6.92 Å². The Labute approximate surface area is 163 Å². The highest BCUT2D eigenvalue weighted by Crippen LogP contribution is 2.30. The van der Waals surface area contributed by atoms with Gasteiger partial charge in [0.15, 0.2) is 17.5 Å². The van der Waals surface area contributed by atoms with Crippen LogP contribution in [-0.4, -0.2) is 34.2 Å². The molecule has 0 fully saturated rings. The highest BCUT2D eigenvalue weighted by Gasteiger charge is 2.33. The van der Waals surface area contributed by atoms with Gasteiger partial charge in [-0.3, -0.25) is 0 Å². The Morgan fingerprint density at radius 2 is 2.08 bits per heavy atom. The van der Waals surface area contributed by atoms with E-state index in [1.807, 2.05) is 6.92 Å². The van der Waals surface area contributed by atoms with Crippen LogP contribution >= 0.6 is 35.3 Å². The number of halogens is 4. The van der Waals surface area contributed by atoms with Crippen molar-refractivity contribution >= 4 is 41.3 Å². The van der Waals surface area contributed by atoms with Crippen molar-refractivity contribution in [1.82, 2.24) is 25.8 Å². The van der Waals surface area contributed by atoms with Crippen LogP contribution in [0.2, 0.25) is 0 Å². The fraction of sp³-hybridized carbons (Fsp3) is 0.538. The zero-order valence-electron chi connectivity index (χ0n) is 13.6. The lowest BCUT2D eigenvalue weighted by Crippen LogP contribution is -2.38. The molecule has 2 aromatic rings. The molecule has 7 nitrogen and oxygen atoms in total. The third-order valence-corrected chi connectivity index (χ3v) is 3.59. The maximum atomic E-state index is 12.5. The Bertz CT molecular complexity index is 687. The fourth-order valence-corrected chi connectivity index (χ4v) is 2.46. The first-order valence-corrected chi connectivity index (χ1v) is 8.09. The van der Waals surface area contributed by atoms with E-state index in [4.69, 9.17) is 4.52 Å². The summed E-state index contributed by atoms with van der Waals surface area (Å²) in [5.41, 5.74) is -0.887. The van der Waals surface area contributed by atoms with Crippen LogP contribution in [0.3, 0.4) is 0 Å². The average molecular weight is 490 g/mol. The minimum absolute atomic E-state index is 0. The van der Waals surface area contributed by atoms with Crippen LogP contribution in [0.4, 0.5) is 13.2 Å². The largest absolute Gasteiger partial charge is 0.434 e. The standard InChI is InChI=1S/C13H17F3N6OS.HI/c1-3-17-12(18-5-4-10-20-8(2)22-23-10)19-6-11-21-9(7-24-11)13(14,15)16;/h7H,3-6H2,1-2H3,(H2,17,18,19);1H. The van der Waals surface area contributed by atoms with Gasteiger partial charge in [0, 0.05) is 24.9 Å². The van der Waals surface area contributed by atoms with Gasteiger partial charge in [0.1, 0.15) is 5.01 Å². The van der Waals surface area contributed by atoms with Crippen LogP contribution in [0.15, 0.2) is 14.9 Å². The highest BCUT2D eigenvalue weighted by atomic mass is 127. The number of guanidine groups is 1. The minimum atomic E-state index is -4.43. The normalized spacial score (nSPS) is 12.0. The average Bonchev–Trinajstić information content (AvgIpc) is 3.13. The third kappa shape index (κ3) is 7.13. The summed E-state index contributed by atoms with van der Waals surface area (Å²) >= 11 is 0.933. The predicted molar refractivity (Wildman–Crippen MR) is 98.1 cm³/mol. The van der Waals surface area contributed by atoms with E-state index >= 15 is 0 Å². The van der Waals surface area contributed by atoms with Gasteiger partial charge in [-0.2, -0.15) is 18.2 Å². The van der Waals surface area contributed by atoms with Gasteiger partial charge in [0.05, 0.1) is 6.54 Å². The maximum absolute atomic E-state index is 12.5. The smallest absolute Gasteiger partial charge is 0.357 e. The number of hydrogen-bond acceptors (Lipinski definition) is 6. The van der Waals surface area contributed by atoms with Crippen molar-refractivity contribution in [3.05, 3.63) is 27.8 Å². The van der Waals surface area contributed by atoms with Crippen molar-refractivity contribution < 1.29 is 17.7 Å². The molecule has 0 radical (unpaired) electrons. The number of hydrogen-bond donors (Lipinski definition) is 2. The van der Waals surface area contributed by atoms with Crippen molar-refractivity contribution in [3.8, 4) is 0 Å². The number of aromatic nitrogens is 3. The van der Waals surface area contributed by atoms with Gasteiger partial charge >= 0.3 is 6.18 Å². The highest BCUT2D eigenvalue weighted by molar-refractivity contribution is 14.0. The van der Waals surface area contributed by atoms with Crippen molar-refractivity contribution in [1.29, 1.82) is 0 Å². The van der Waals surface area contributed by atoms with E-state index in [9.17, 15) is 13.2 Å². The van der Waals surface area contributed by atoms with Gasteiger partial charge in [-0.05, 0) is 13.8 Å². The maximum Gasteiger partial charge on any atom is 0.434 e. The first-order valence-electron chi connectivity index (χ1n) is 7.21. The Morgan fingerprint density at radius 1 is 1.32 bits per heavy atom. The van der Waals surface area contributed by atoms with Crippen LogP contribution in [0.25, 0.3) is 0 Å². The van der Waals surface area contributed by atoms with E-state index in [-0.39, 0.29) is 30.5 Å². The monoisotopic (exact) mass is 490 g/mol. The molecule has 2 N–H and O–H groups in total. The first-order chi connectivity index (χ1) is 11.4. The van der Waals surface area contributed by atoms with Crippen LogP contribution in [0.1, 0.15) is 29.3 Å². The third-order valence-electron chi connectivity index (χ3n) is 2.76. The number of aliphatic imine (C=N–C) groups is 1. The van der Waals surface area contributed by atoms with Crippen LogP contribution in [-0.2, 0) is 19.1 Å². The summed E-state index contributed by atoms with van der Waals surface area (Å²) in [7, 11) is 0. The van der Waals surface area contributed by atoms with E-state index in [2.05, 4.69) is 30.8 Å². The summed E-state index contributed by atoms with van der Waals surface area (Å²) in [6.45, 7) is 4.81. The Morgan fingerprint density at radius 3 is 2.64 bits per heavy atom. The molecule has 2 rings (SSSR count). The lowest BCUT2D eigenvalue weighted by molar-refractivity contribution is -0.140. The first kappa shape index (κ1) is 21.6. The zero-order valence-corrected chi connectivity index (χ0v) is 16.7. The topological polar surface area (TPSA) is 88.2 Å². The molecule has 0 aliphatic rings. The van der Waals surface area contributed by atoms with Crippen molar-refractivity contribution in [2.24, 2.45) is 4.99 Å². The molecular weight excluding hydrogens is 472 g/mol. The van der Waals surface area contributed by atoms with Gasteiger partial charge in [-0.15, -0.1) is 35.3 Å². The number of aryl methyl sites for hydroxylation is 1. The summed E-state index contributed by atoms with van der Waals surface area (Å²) in [6.07, 6.45) is -3.91. The number of nitrogens with zero attached hydrogens (tertiary/aromatic N) is 4. The van der Waals surface area contributed by atoms with Crippen LogP contribution < -0.4 is 10.6 Å². The molecule has 25 heavy (non-hydrogen) atoms. The summed E-state index contributed by atoms with van der Waals surface area (Å²) in [5.74, 6) is 1.55. The molecule has 12 heteroatoms. The zero-order chi connectivity index (χ0) is 17.6. The number of rotatable bonds is 6.